The number of pyridine rings is 1. The Morgan fingerprint density at radius 2 is 2.15 bits per heavy atom. The number of esters is 1. The van der Waals surface area contributed by atoms with Crippen LogP contribution in [0.5, 0.6) is 0 Å². The first-order valence-electron chi connectivity index (χ1n) is 5.87. The quantitative estimate of drug-likeness (QED) is 0.732. The minimum atomic E-state index is -0.446. The van der Waals surface area contributed by atoms with Crippen LogP contribution in [0.1, 0.15) is 10.5 Å². The number of carbonyl (C=O) groups is 1. The van der Waals surface area contributed by atoms with Crippen LogP contribution in [0, 0.1) is 0 Å². The molecule has 0 aliphatic rings. The van der Waals surface area contributed by atoms with Crippen molar-refractivity contribution in [1.29, 1.82) is 0 Å². The standard InChI is InChI=1S/C14H10BrN3O2/c1-20-14(19)11-7-17-13(18-11)9-4-5-10(15)8-3-2-6-16-12(8)9/h2-7H,1H3,(H,17,18). The number of nitrogens with one attached hydrogen (secondary N) is 1. The van der Waals surface area contributed by atoms with Crippen LogP contribution in [0.25, 0.3) is 22.3 Å². The minimum Gasteiger partial charge on any atom is -0.464 e. The lowest BCUT2D eigenvalue weighted by molar-refractivity contribution is 0.0595. The van der Waals surface area contributed by atoms with Crippen LogP contribution in [-0.4, -0.2) is 28.0 Å². The molecule has 0 aliphatic heterocycles. The molecule has 20 heavy (non-hydrogen) atoms. The Balaban J connectivity index is 2.17. The van der Waals surface area contributed by atoms with Gasteiger partial charge >= 0.3 is 5.97 Å². The number of nitrogens with zero attached hydrogens (tertiary/aromatic N) is 2. The Kier molecular flexibility index (Phi) is 3.23. The zero-order chi connectivity index (χ0) is 14.1. The van der Waals surface area contributed by atoms with Crippen LogP contribution < -0.4 is 0 Å². The highest BCUT2D eigenvalue weighted by atomic mass is 79.9. The summed E-state index contributed by atoms with van der Waals surface area (Å²) in [7, 11) is 1.33. The van der Waals surface area contributed by atoms with E-state index in [0.29, 0.717) is 11.5 Å². The molecule has 6 heteroatoms. The number of aromatic nitrogens is 3. The first-order chi connectivity index (χ1) is 9.70. The molecule has 0 saturated heterocycles. The Hall–Kier alpha value is -2.21. The zero-order valence-corrected chi connectivity index (χ0v) is 12.1. The van der Waals surface area contributed by atoms with Crippen molar-refractivity contribution in [2.75, 3.05) is 7.11 Å². The van der Waals surface area contributed by atoms with Crippen molar-refractivity contribution in [3.8, 4) is 11.4 Å². The Morgan fingerprint density at radius 3 is 2.95 bits per heavy atom. The van der Waals surface area contributed by atoms with E-state index in [2.05, 4.69) is 35.6 Å². The van der Waals surface area contributed by atoms with E-state index in [1.807, 2.05) is 24.3 Å². The van der Waals surface area contributed by atoms with Crippen molar-refractivity contribution >= 4 is 32.8 Å². The molecule has 3 rings (SSSR count). The number of hydrogen-bond donors (Lipinski definition) is 1. The summed E-state index contributed by atoms with van der Waals surface area (Å²) >= 11 is 3.50. The second-order valence-electron chi connectivity index (χ2n) is 4.13. The summed E-state index contributed by atoms with van der Waals surface area (Å²) in [6.45, 7) is 0. The lowest BCUT2D eigenvalue weighted by atomic mass is 10.1. The number of ether oxygens (including phenoxy) is 1. The normalized spacial score (nSPS) is 10.7. The van der Waals surface area contributed by atoms with Crippen LogP contribution in [-0.2, 0) is 4.74 Å². The van der Waals surface area contributed by atoms with E-state index in [0.717, 1.165) is 20.9 Å². The van der Waals surface area contributed by atoms with E-state index in [9.17, 15) is 4.79 Å². The van der Waals surface area contributed by atoms with Gasteiger partial charge in [-0.25, -0.2) is 9.78 Å². The molecule has 0 spiro atoms. The van der Waals surface area contributed by atoms with Gasteiger partial charge in [-0.3, -0.25) is 4.98 Å². The third-order valence-electron chi connectivity index (χ3n) is 2.95. The van der Waals surface area contributed by atoms with Crippen LogP contribution in [0.3, 0.4) is 0 Å². The highest BCUT2D eigenvalue weighted by molar-refractivity contribution is 9.10. The van der Waals surface area contributed by atoms with Crippen molar-refractivity contribution in [2.45, 2.75) is 0 Å². The van der Waals surface area contributed by atoms with Gasteiger partial charge < -0.3 is 9.72 Å². The van der Waals surface area contributed by atoms with Crippen molar-refractivity contribution in [3.63, 3.8) is 0 Å². The van der Waals surface area contributed by atoms with Gasteiger partial charge in [0.15, 0.2) is 0 Å². The van der Waals surface area contributed by atoms with Crippen molar-refractivity contribution in [2.24, 2.45) is 0 Å². The first kappa shape index (κ1) is 12.8. The SMILES string of the molecule is COC(=O)c1cnc(-c2ccc(Br)c3cccnc23)[nH]1. The molecular weight excluding hydrogens is 322 g/mol. The van der Waals surface area contributed by atoms with E-state index in [1.165, 1.54) is 13.3 Å². The Morgan fingerprint density at radius 1 is 1.30 bits per heavy atom. The molecule has 0 unspecified atom stereocenters. The molecule has 0 bridgehead atoms. The molecule has 0 saturated carbocycles. The number of benzene rings is 1. The molecule has 100 valence electrons. The van der Waals surface area contributed by atoms with E-state index in [4.69, 9.17) is 0 Å². The van der Waals surface area contributed by atoms with Gasteiger partial charge in [-0.1, -0.05) is 22.0 Å². The first-order valence-corrected chi connectivity index (χ1v) is 6.67. The molecule has 0 fully saturated rings. The summed E-state index contributed by atoms with van der Waals surface area (Å²) in [4.78, 5) is 23.0. The predicted molar refractivity (Wildman–Crippen MR) is 78.4 cm³/mol. The van der Waals surface area contributed by atoms with Gasteiger partial charge in [0.25, 0.3) is 0 Å². The molecule has 0 aliphatic carbocycles. The fraction of sp³-hybridized carbons (Fsp3) is 0.0714. The number of carbonyl (C=O) groups excluding carboxylic acids is 1. The number of aromatic amines is 1. The number of hydrogen-bond acceptors (Lipinski definition) is 4. The van der Waals surface area contributed by atoms with Gasteiger partial charge in [-0.05, 0) is 18.2 Å². The maximum Gasteiger partial charge on any atom is 0.356 e. The third kappa shape index (κ3) is 2.08. The smallest absolute Gasteiger partial charge is 0.356 e. The van der Waals surface area contributed by atoms with Gasteiger partial charge in [-0.2, -0.15) is 0 Å². The monoisotopic (exact) mass is 331 g/mol. The van der Waals surface area contributed by atoms with Crippen LogP contribution in [0.15, 0.2) is 41.1 Å². The molecule has 3 aromatic rings. The fourth-order valence-corrected chi connectivity index (χ4v) is 2.45. The van der Waals surface area contributed by atoms with Crippen LogP contribution in [0.4, 0.5) is 0 Å². The summed E-state index contributed by atoms with van der Waals surface area (Å²) in [5, 5.41) is 0.987. The van der Waals surface area contributed by atoms with E-state index in [1.54, 1.807) is 6.20 Å². The summed E-state index contributed by atoms with van der Waals surface area (Å²) in [6, 6.07) is 7.68. The zero-order valence-electron chi connectivity index (χ0n) is 10.6. The molecule has 0 radical (unpaired) electrons. The Labute approximate surface area is 123 Å². The van der Waals surface area contributed by atoms with Gasteiger partial charge in [0.2, 0.25) is 0 Å². The molecule has 2 heterocycles. The van der Waals surface area contributed by atoms with Gasteiger partial charge in [0, 0.05) is 21.6 Å². The highest BCUT2D eigenvalue weighted by Crippen LogP contribution is 2.30. The third-order valence-corrected chi connectivity index (χ3v) is 3.64. The summed E-state index contributed by atoms with van der Waals surface area (Å²) in [5.74, 6) is 0.139. The number of rotatable bonds is 2. The highest BCUT2D eigenvalue weighted by Gasteiger charge is 2.13. The van der Waals surface area contributed by atoms with E-state index >= 15 is 0 Å². The molecular formula is C14H10BrN3O2. The fourth-order valence-electron chi connectivity index (χ4n) is 2.00. The van der Waals surface area contributed by atoms with Crippen molar-refractivity contribution < 1.29 is 9.53 Å². The molecule has 0 amide bonds. The topological polar surface area (TPSA) is 67.9 Å². The maximum absolute atomic E-state index is 11.5. The lowest BCUT2D eigenvalue weighted by Crippen LogP contribution is -2.01. The number of fused-ring (bicyclic) bond motifs is 1. The number of H-pyrrole nitrogens is 1. The van der Waals surface area contributed by atoms with Crippen LogP contribution in [0.2, 0.25) is 0 Å². The molecule has 5 nitrogen and oxygen atoms in total. The number of methoxy groups -OCH3 is 1. The lowest BCUT2D eigenvalue weighted by Gasteiger charge is -2.04. The van der Waals surface area contributed by atoms with E-state index in [-0.39, 0.29) is 0 Å². The van der Waals surface area contributed by atoms with Gasteiger partial charge in [-0.15, -0.1) is 0 Å². The number of halogens is 1. The molecule has 0 atom stereocenters. The number of imidazole rings is 1. The largest absolute Gasteiger partial charge is 0.464 e. The van der Waals surface area contributed by atoms with Gasteiger partial charge in [0.1, 0.15) is 11.5 Å². The molecule has 2 aromatic heterocycles. The maximum atomic E-state index is 11.5. The second kappa shape index (κ2) is 5.05. The summed E-state index contributed by atoms with van der Waals surface area (Å²) in [5.41, 5.74) is 1.96. The minimum absolute atomic E-state index is 0.314. The van der Waals surface area contributed by atoms with Crippen molar-refractivity contribution in [1.82, 2.24) is 15.0 Å². The second-order valence-corrected chi connectivity index (χ2v) is 4.99. The van der Waals surface area contributed by atoms with Crippen molar-refractivity contribution in [3.05, 3.63) is 46.8 Å². The molecule has 1 aromatic carbocycles. The average Bonchev–Trinajstić information content (AvgIpc) is 2.97. The van der Waals surface area contributed by atoms with Gasteiger partial charge in [0.05, 0.1) is 18.8 Å². The predicted octanol–water partition coefficient (Wildman–Crippen LogP) is 3.17. The van der Waals surface area contributed by atoms with Crippen LogP contribution >= 0.6 is 15.9 Å². The van der Waals surface area contributed by atoms with E-state index < -0.39 is 5.97 Å². The molecule has 1 N–H and O–H groups in total. The Bertz CT molecular complexity index is 798. The summed E-state index contributed by atoms with van der Waals surface area (Å²) in [6.07, 6.45) is 3.18. The average molecular weight is 332 g/mol. The summed E-state index contributed by atoms with van der Waals surface area (Å²) < 4.78 is 5.62.